The predicted octanol–water partition coefficient (Wildman–Crippen LogP) is 2.82. The van der Waals surface area contributed by atoms with E-state index in [-0.39, 0.29) is 35.9 Å². The summed E-state index contributed by atoms with van der Waals surface area (Å²) in [4.78, 5) is 56.7. The Labute approximate surface area is 284 Å². The summed E-state index contributed by atoms with van der Waals surface area (Å²) in [6, 6.07) is 9.62. The molecule has 49 heavy (non-hydrogen) atoms. The summed E-state index contributed by atoms with van der Waals surface area (Å²) in [6.07, 6.45) is 4.11. The maximum atomic E-state index is 13.5. The lowest BCUT2D eigenvalue weighted by Gasteiger charge is -2.45. The number of methoxy groups -OCH3 is 2. The Morgan fingerprint density at radius 3 is 2.27 bits per heavy atom. The molecule has 3 aliphatic heterocycles. The molecule has 13 heteroatoms. The molecule has 2 aromatic heterocycles. The zero-order chi connectivity index (χ0) is 34.7. The van der Waals surface area contributed by atoms with Gasteiger partial charge < -0.3 is 23.8 Å². The second kappa shape index (κ2) is 12.4. The van der Waals surface area contributed by atoms with E-state index in [4.69, 9.17) is 9.47 Å². The molecule has 2 saturated heterocycles. The Kier molecular flexibility index (Phi) is 8.18. The maximum absolute atomic E-state index is 13.5. The Morgan fingerprint density at radius 1 is 0.918 bits per heavy atom. The molecule has 0 spiro atoms. The number of aryl methyl sites for hydroxylation is 2. The van der Waals surface area contributed by atoms with Crippen molar-refractivity contribution < 1.29 is 23.9 Å². The first-order valence-corrected chi connectivity index (χ1v) is 16.5. The molecule has 3 aliphatic rings. The summed E-state index contributed by atoms with van der Waals surface area (Å²) >= 11 is 0. The highest BCUT2D eigenvalue weighted by molar-refractivity contribution is 6.05. The topological polar surface area (TPSA) is 131 Å². The van der Waals surface area contributed by atoms with Crippen LogP contribution >= 0.6 is 0 Å². The van der Waals surface area contributed by atoms with Gasteiger partial charge >= 0.3 is 0 Å². The van der Waals surface area contributed by atoms with E-state index in [1.165, 1.54) is 0 Å². The van der Waals surface area contributed by atoms with Crippen LogP contribution in [0.5, 0.6) is 11.5 Å². The number of carbonyl (C=O) groups is 3. The highest BCUT2D eigenvalue weighted by Crippen LogP contribution is 2.39. The number of rotatable bonds is 7. The molecule has 0 radical (unpaired) electrons. The molecule has 7 rings (SSSR count). The first-order chi connectivity index (χ1) is 23.5. The van der Waals surface area contributed by atoms with Crippen molar-refractivity contribution in [1.82, 2.24) is 29.5 Å². The van der Waals surface area contributed by atoms with Crippen LogP contribution in [0.15, 0.2) is 47.5 Å². The van der Waals surface area contributed by atoms with Gasteiger partial charge in [0.1, 0.15) is 23.1 Å². The van der Waals surface area contributed by atoms with Crippen LogP contribution in [-0.2, 0) is 36.8 Å². The van der Waals surface area contributed by atoms with Crippen LogP contribution in [0.3, 0.4) is 0 Å². The van der Waals surface area contributed by atoms with Crippen LogP contribution in [0.4, 0.5) is 5.69 Å². The van der Waals surface area contributed by atoms with E-state index >= 15 is 0 Å². The first-order valence-electron chi connectivity index (χ1n) is 16.5. The molecule has 13 nitrogen and oxygen atoms in total. The van der Waals surface area contributed by atoms with Gasteiger partial charge in [-0.05, 0) is 55.7 Å². The van der Waals surface area contributed by atoms with Crippen molar-refractivity contribution in [2.75, 3.05) is 32.2 Å². The van der Waals surface area contributed by atoms with E-state index in [0.717, 1.165) is 41.0 Å². The van der Waals surface area contributed by atoms with Gasteiger partial charge in [-0.15, -0.1) is 0 Å². The van der Waals surface area contributed by atoms with E-state index in [9.17, 15) is 19.2 Å². The van der Waals surface area contributed by atoms with Crippen LogP contribution in [-0.4, -0.2) is 87.3 Å². The van der Waals surface area contributed by atoms with Crippen LogP contribution < -0.4 is 25.2 Å². The molecule has 2 fully saturated rings. The number of benzene rings is 2. The molecule has 5 heterocycles. The minimum absolute atomic E-state index is 0.106. The van der Waals surface area contributed by atoms with Crippen LogP contribution in [0, 0.1) is 0 Å². The summed E-state index contributed by atoms with van der Waals surface area (Å²) < 4.78 is 15.1. The zero-order valence-electron chi connectivity index (χ0n) is 28.6. The van der Waals surface area contributed by atoms with Crippen molar-refractivity contribution in [3.05, 3.63) is 69.8 Å². The zero-order valence-corrected chi connectivity index (χ0v) is 28.6. The van der Waals surface area contributed by atoms with Crippen LogP contribution in [0.2, 0.25) is 0 Å². The molecule has 1 unspecified atom stereocenters. The molecular formula is C36H41N7O6. The van der Waals surface area contributed by atoms with Crippen molar-refractivity contribution in [1.29, 1.82) is 0 Å². The molecule has 2 aromatic carbocycles. The molecule has 3 atom stereocenters. The fourth-order valence-electron chi connectivity index (χ4n) is 7.66. The fourth-order valence-corrected chi connectivity index (χ4v) is 7.66. The molecular weight excluding hydrogens is 626 g/mol. The average Bonchev–Trinajstić information content (AvgIpc) is 3.63. The number of amides is 3. The number of carbonyl (C=O) groups excluding carboxylic acids is 3. The number of ether oxygens (including phenoxy) is 2. The summed E-state index contributed by atoms with van der Waals surface area (Å²) in [6.45, 7) is 6.83. The van der Waals surface area contributed by atoms with Gasteiger partial charge in [-0.1, -0.05) is 6.07 Å². The first kappa shape index (κ1) is 32.4. The summed E-state index contributed by atoms with van der Waals surface area (Å²) in [5.41, 5.74) is 5.56. The van der Waals surface area contributed by atoms with E-state index < -0.39 is 11.9 Å². The monoisotopic (exact) mass is 667 g/mol. The maximum Gasteiger partial charge on any atom is 0.261 e. The number of nitrogens with one attached hydrogen (secondary N) is 1. The average molecular weight is 668 g/mol. The highest BCUT2D eigenvalue weighted by atomic mass is 16.5. The van der Waals surface area contributed by atoms with Gasteiger partial charge in [0, 0.05) is 88.0 Å². The van der Waals surface area contributed by atoms with Crippen LogP contribution in [0.1, 0.15) is 48.2 Å². The molecule has 0 bridgehead atoms. The minimum atomic E-state index is -0.634. The number of fused-ring (bicyclic) bond motifs is 2. The number of pyridine rings is 1. The van der Waals surface area contributed by atoms with Crippen LogP contribution in [0.25, 0.3) is 22.0 Å². The predicted molar refractivity (Wildman–Crippen MR) is 184 cm³/mol. The van der Waals surface area contributed by atoms with Gasteiger partial charge in [-0.3, -0.25) is 34.1 Å². The van der Waals surface area contributed by atoms with Gasteiger partial charge in [-0.2, -0.15) is 5.10 Å². The normalized spacial score (nSPS) is 21.3. The third-order valence-corrected chi connectivity index (χ3v) is 10.2. The van der Waals surface area contributed by atoms with E-state index in [2.05, 4.69) is 40.1 Å². The summed E-state index contributed by atoms with van der Waals surface area (Å²) in [5, 5.41) is 7.50. The van der Waals surface area contributed by atoms with Crippen molar-refractivity contribution in [3.8, 4) is 22.6 Å². The summed E-state index contributed by atoms with van der Waals surface area (Å²) in [7, 11) is 6.85. The Hall–Kier alpha value is -5.17. The number of nitrogens with zero attached hydrogens (tertiary/aromatic N) is 6. The number of anilines is 1. The minimum Gasteiger partial charge on any atom is -0.496 e. The molecule has 4 aromatic rings. The largest absolute Gasteiger partial charge is 0.496 e. The standard InChI is InChI=1S/C36H41N7O6/c1-20-14-41(24-8-7-22-16-43(36(47)25(22)13-24)29-9-10-32(44)37-34(29)45)15-21(2)42(20)19-27-30(48-5)11-23(12-31(27)49-6)26-17-39(3)35(46)28-18-40(4)38-33(26)28/h7-8,11-13,17-18,20-21,29H,9-10,14-16,19H2,1-6H3,(H,37,44,45)/t20-,21-,29?/m1/s1. The van der Waals surface area contributed by atoms with Crippen molar-refractivity contribution >= 4 is 34.3 Å². The molecule has 1 N–H and O–H groups in total. The third kappa shape index (κ3) is 5.61. The lowest BCUT2D eigenvalue weighted by molar-refractivity contribution is -0.136. The number of piperidine rings is 1. The second-order valence-corrected chi connectivity index (χ2v) is 13.4. The van der Waals surface area contributed by atoms with E-state index in [1.807, 2.05) is 24.3 Å². The van der Waals surface area contributed by atoms with Gasteiger partial charge in [0.25, 0.3) is 11.5 Å². The van der Waals surface area contributed by atoms with Crippen molar-refractivity contribution in [2.45, 2.75) is 57.9 Å². The van der Waals surface area contributed by atoms with E-state index in [1.54, 1.807) is 54.9 Å². The molecule has 3 amide bonds. The number of hydrogen-bond donors (Lipinski definition) is 1. The fraction of sp³-hybridized carbons (Fsp3) is 0.417. The number of hydrogen-bond acceptors (Lipinski definition) is 9. The van der Waals surface area contributed by atoms with E-state index in [0.29, 0.717) is 47.5 Å². The van der Waals surface area contributed by atoms with Gasteiger partial charge in [0.2, 0.25) is 11.8 Å². The SMILES string of the molecule is COc1cc(-c2cn(C)c(=O)c3cn(C)nc23)cc(OC)c1CN1[C@H](C)CN(c2ccc3c(c2)C(=O)N(C2CCC(=O)NC2=O)C3)C[C@H]1C. The highest BCUT2D eigenvalue weighted by Gasteiger charge is 2.40. The lowest BCUT2D eigenvalue weighted by Crippen LogP contribution is -2.56. The van der Waals surface area contributed by atoms with Gasteiger partial charge in [0.05, 0.1) is 25.2 Å². The van der Waals surface area contributed by atoms with Gasteiger partial charge in [-0.25, -0.2) is 0 Å². The Morgan fingerprint density at radius 2 is 1.61 bits per heavy atom. The second-order valence-electron chi connectivity index (χ2n) is 13.4. The Balaban J connectivity index is 1.11. The smallest absolute Gasteiger partial charge is 0.261 e. The van der Waals surface area contributed by atoms with Crippen molar-refractivity contribution in [3.63, 3.8) is 0 Å². The third-order valence-electron chi connectivity index (χ3n) is 10.2. The molecule has 0 aliphatic carbocycles. The number of aromatic nitrogens is 3. The quantitative estimate of drug-likeness (QED) is 0.296. The number of piperazine rings is 1. The molecule has 256 valence electrons. The Bertz CT molecular complexity index is 2030. The lowest BCUT2D eigenvalue weighted by atomic mass is 9.99. The summed E-state index contributed by atoms with van der Waals surface area (Å²) in [5.74, 6) is 0.502. The van der Waals surface area contributed by atoms with Crippen molar-refractivity contribution in [2.24, 2.45) is 14.1 Å². The van der Waals surface area contributed by atoms with Gasteiger partial charge in [0.15, 0.2) is 0 Å². The molecule has 0 saturated carbocycles. The number of imide groups is 1.